The molecule has 0 atom stereocenters. The minimum atomic E-state index is -4.61. The van der Waals surface area contributed by atoms with Crippen LogP contribution < -0.4 is 5.32 Å². The summed E-state index contributed by atoms with van der Waals surface area (Å²) in [6, 6.07) is 0.576. The predicted molar refractivity (Wildman–Crippen MR) is 61.4 cm³/mol. The van der Waals surface area contributed by atoms with Gasteiger partial charge in [-0.2, -0.15) is 18.3 Å². The number of H-pyrrole nitrogens is 1. The zero-order chi connectivity index (χ0) is 15.3. The van der Waals surface area contributed by atoms with E-state index in [0.717, 1.165) is 6.08 Å². The minimum Gasteiger partial charge on any atom is -0.463 e. The number of halogens is 3. The summed E-state index contributed by atoms with van der Waals surface area (Å²) in [4.78, 5) is 22.7. The van der Waals surface area contributed by atoms with Gasteiger partial charge in [0.1, 0.15) is 5.69 Å². The van der Waals surface area contributed by atoms with E-state index >= 15 is 0 Å². The van der Waals surface area contributed by atoms with Gasteiger partial charge < -0.3 is 10.1 Å². The fraction of sp³-hybridized carbons (Fsp3) is 0.364. The van der Waals surface area contributed by atoms with Crippen LogP contribution in [0.5, 0.6) is 0 Å². The van der Waals surface area contributed by atoms with Gasteiger partial charge >= 0.3 is 12.1 Å². The highest BCUT2D eigenvalue weighted by Crippen LogP contribution is 2.27. The molecule has 9 heteroatoms. The first kappa shape index (κ1) is 15.7. The van der Waals surface area contributed by atoms with Crippen molar-refractivity contribution in [2.75, 3.05) is 6.61 Å². The Morgan fingerprint density at radius 3 is 2.65 bits per heavy atom. The molecule has 2 N–H and O–H groups in total. The lowest BCUT2D eigenvalue weighted by Crippen LogP contribution is -2.22. The molecule has 0 saturated carbocycles. The number of rotatable bonds is 4. The Bertz CT molecular complexity index is 535. The van der Waals surface area contributed by atoms with E-state index in [4.69, 9.17) is 0 Å². The smallest absolute Gasteiger partial charge is 0.432 e. The molecule has 110 valence electrons. The zero-order valence-electron chi connectivity index (χ0n) is 10.7. The van der Waals surface area contributed by atoms with E-state index in [1.165, 1.54) is 6.92 Å². The van der Waals surface area contributed by atoms with Crippen molar-refractivity contribution in [2.45, 2.75) is 20.0 Å². The normalized spacial score (nSPS) is 12.2. The predicted octanol–water partition coefficient (Wildman–Crippen LogP) is 1.63. The molecule has 1 aromatic heterocycles. The number of amides is 1. The minimum absolute atomic E-state index is 0.130. The van der Waals surface area contributed by atoms with Crippen molar-refractivity contribution in [1.82, 2.24) is 15.5 Å². The standard InChI is InChI=1S/C11H12F3N3O3/c1-3-20-9(18)4-6(2)15-10(19)7-5-8(17-16-7)11(12,13)14/h4-5H,3H2,1-2H3,(H,15,19)(H,16,17)/b6-4+. The van der Waals surface area contributed by atoms with Crippen molar-refractivity contribution in [3.63, 3.8) is 0 Å². The number of aromatic nitrogens is 2. The Morgan fingerprint density at radius 1 is 1.50 bits per heavy atom. The third kappa shape index (κ3) is 4.41. The molecule has 1 rings (SSSR count). The third-order valence-corrected chi connectivity index (χ3v) is 2.05. The van der Waals surface area contributed by atoms with Gasteiger partial charge in [-0.25, -0.2) is 4.79 Å². The monoisotopic (exact) mass is 291 g/mol. The molecule has 1 heterocycles. The fourth-order valence-corrected chi connectivity index (χ4v) is 1.22. The van der Waals surface area contributed by atoms with Crippen molar-refractivity contribution < 1.29 is 27.5 Å². The van der Waals surface area contributed by atoms with Gasteiger partial charge in [0.15, 0.2) is 5.69 Å². The lowest BCUT2D eigenvalue weighted by Gasteiger charge is -2.03. The zero-order valence-corrected chi connectivity index (χ0v) is 10.7. The van der Waals surface area contributed by atoms with Crippen LogP contribution in [0.25, 0.3) is 0 Å². The van der Waals surface area contributed by atoms with Crippen molar-refractivity contribution >= 4 is 11.9 Å². The van der Waals surface area contributed by atoms with Gasteiger partial charge in [0.2, 0.25) is 0 Å². The van der Waals surface area contributed by atoms with Crippen molar-refractivity contribution in [3.05, 3.63) is 29.2 Å². The first-order valence-electron chi connectivity index (χ1n) is 5.53. The molecule has 1 amide bonds. The summed E-state index contributed by atoms with van der Waals surface area (Å²) < 4.78 is 41.5. The molecule has 0 fully saturated rings. The number of allylic oxidation sites excluding steroid dienone is 1. The maximum absolute atomic E-state index is 12.3. The Morgan fingerprint density at radius 2 is 2.15 bits per heavy atom. The maximum atomic E-state index is 12.3. The van der Waals surface area contributed by atoms with E-state index in [9.17, 15) is 22.8 Å². The Kier molecular flexibility index (Phi) is 4.89. The summed E-state index contributed by atoms with van der Waals surface area (Å²) >= 11 is 0. The van der Waals surface area contributed by atoms with E-state index < -0.39 is 29.4 Å². The number of nitrogens with zero attached hydrogens (tertiary/aromatic N) is 1. The summed E-state index contributed by atoms with van der Waals surface area (Å²) in [6.45, 7) is 3.18. The van der Waals surface area contributed by atoms with Crippen LogP contribution in [0.4, 0.5) is 13.2 Å². The topological polar surface area (TPSA) is 84.1 Å². The van der Waals surface area contributed by atoms with Gasteiger partial charge in [-0.05, 0) is 13.8 Å². The Labute approximate surface area is 112 Å². The highest BCUT2D eigenvalue weighted by atomic mass is 19.4. The summed E-state index contributed by atoms with van der Waals surface area (Å²) in [5.74, 6) is -1.53. The van der Waals surface area contributed by atoms with Gasteiger partial charge in [-0.15, -0.1) is 0 Å². The SMILES string of the molecule is CCOC(=O)/C=C(\C)NC(=O)c1cc(C(F)(F)F)[nH]n1. The summed E-state index contributed by atoms with van der Waals surface area (Å²) in [6.07, 6.45) is -3.60. The molecule has 0 aliphatic rings. The van der Waals surface area contributed by atoms with Crippen LogP contribution in [0.2, 0.25) is 0 Å². The fourth-order valence-electron chi connectivity index (χ4n) is 1.22. The lowest BCUT2D eigenvalue weighted by atomic mass is 10.3. The van der Waals surface area contributed by atoms with Gasteiger partial charge in [0.25, 0.3) is 5.91 Å². The number of carbonyl (C=O) groups is 2. The summed E-state index contributed by atoms with van der Waals surface area (Å²) in [5.41, 5.74) is -1.44. The van der Waals surface area contributed by atoms with E-state index in [2.05, 4.69) is 15.2 Å². The molecule has 0 bridgehead atoms. The number of aromatic amines is 1. The molecule has 0 aromatic carbocycles. The Hall–Kier alpha value is -2.32. The second kappa shape index (κ2) is 6.22. The van der Waals surface area contributed by atoms with Gasteiger partial charge in [0.05, 0.1) is 6.61 Å². The van der Waals surface area contributed by atoms with Crippen molar-refractivity contribution in [3.8, 4) is 0 Å². The highest BCUT2D eigenvalue weighted by Gasteiger charge is 2.33. The molecule has 0 aliphatic heterocycles. The molecular weight excluding hydrogens is 279 g/mol. The van der Waals surface area contributed by atoms with Crippen molar-refractivity contribution in [2.24, 2.45) is 0 Å². The molecule has 0 saturated heterocycles. The third-order valence-electron chi connectivity index (χ3n) is 2.05. The molecule has 6 nitrogen and oxygen atoms in total. The lowest BCUT2D eigenvalue weighted by molar-refractivity contribution is -0.141. The van der Waals surface area contributed by atoms with Crippen LogP contribution >= 0.6 is 0 Å². The molecule has 1 aromatic rings. The first-order valence-corrected chi connectivity index (χ1v) is 5.53. The molecule has 0 aliphatic carbocycles. The van der Waals surface area contributed by atoms with Crippen LogP contribution in [0.15, 0.2) is 17.8 Å². The second-order valence-electron chi connectivity index (χ2n) is 3.70. The van der Waals surface area contributed by atoms with E-state index in [1.54, 1.807) is 12.0 Å². The molecule has 0 spiro atoms. The first-order chi connectivity index (χ1) is 9.24. The number of hydrogen-bond acceptors (Lipinski definition) is 4. The van der Waals surface area contributed by atoms with Crippen LogP contribution in [-0.4, -0.2) is 28.7 Å². The highest BCUT2D eigenvalue weighted by molar-refractivity contribution is 5.94. The van der Waals surface area contributed by atoms with Crippen LogP contribution in [0.1, 0.15) is 30.0 Å². The number of esters is 1. The average Bonchev–Trinajstić information content (AvgIpc) is 2.77. The van der Waals surface area contributed by atoms with Gasteiger partial charge in [-0.1, -0.05) is 0 Å². The number of hydrogen-bond donors (Lipinski definition) is 2. The van der Waals surface area contributed by atoms with E-state index in [0.29, 0.717) is 6.07 Å². The van der Waals surface area contributed by atoms with Crippen LogP contribution in [0, 0.1) is 0 Å². The maximum Gasteiger partial charge on any atom is 0.432 e. The number of alkyl halides is 3. The molecule has 0 radical (unpaired) electrons. The van der Waals surface area contributed by atoms with Crippen LogP contribution in [0.3, 0.4) is 0 Å². The number of carbonyl (C=O) groups excluding carboxylic acids is 2. The largest absolute Gasteiger partial charge is 0.463 e. The van der Waals surface area contributed by atoms with Gasteiger partial charge in [-0.3, -0.25) is 9.89 Å². The second-order valence-corrected chi connectivity index (χ2v) is 3.70. The Balaban J connectivity index is 2.72. The number of ether oxygens (including phenoxy) is 1. The number of nitrogens with one attached hydrogen (secondary N) is 2. The van der Waals surface area contributed by atoms with Crippen molar-refractivity contribution in [1.29, 1.82) is 0 Å². The molecule has 20 heavy (non-hydrogen) atoms. The van der Waals surface area contributed by atoms with Crippen LogP contribution in [-0.2, 0) is 15.7 Å². The molecule has 0 unspecified atom stereocenters. The molecular formula is C11H12F3N3O3. The summed E-state index contributed by atoms with van der Waals surface area (Å²) in [5, 5.41) is 7.19. The summed E-state index contributed by atoms with van der Waals surface area (Å²) in [7, 11) is 0. The average molecular weight is 291 g/mol. The van der Waals surface area contributed by atoms with Gasteiger partial charge in [0, 0.05) is 17.8 Å². The quantitative estimate of drug-likeness (QED) is 0.652. The van der Waals surface area contributed by atoms with E-state index in [1.807, 2.05) is 0 Å². The van der Waals surface area contributed by atoms with E-state index in [-0.39, 0.29) is 12.3 Å².